The van der Waals surface area contributed by atoms with E-state index in [9.17, 15) is 0 Å². The minimum absolute atomic E-state index is 0.435. The molecule has 0 aliphatic heterocycles. The van der Waals surface area contributed by atoms with Gasteiger partial charge in [-0.1, -0.05) is 31.9 Å². The van der Waals surface area contributed by atoms with Crippen molar-refractivity contribution in [3.63, 3.8) is 0 Å². The van der Waals surface area contributed by atoms with Crippen molar-refractivity contribution >= 4 is 0 Å². The van der Waals surface area contributed by atoms with Gasteiger partial charge < -0.3 is 10.1 Å². The van der Waals surface area contributed by atoms with Crippen LogP contribution in [0.25, 0.3) is 0 Å². The van der Waals surface area contributed by atoms with Gasteiger partial charge in [-0.05, 0) is 68.7 Å². The standard InChI is InChI=1S/C19H29NO/c1-3-14-7-4-8-15(13-14)21-19-12-6-9-16-17(19)10-5-11-18(16)20-2/h6,9,12,14-15,18,20H,3-5,7-8,10-11,13H2,1-2H3. The number of ether oxygens (including phenoxy) is 1. The van der Waals surface area contributed by atoms with Crippen LogP contribution in [-0.4, -0.2) is 13.2 Å². The first-order valence-corrected chi connectivity index (χ1v) is 8.77. The normalized spacial score (nSPS) is 29.0. The first-order valence-electron chi connectivity index (χ1n) is 8.77. The first-order chi connectivity index (χ1) is 10.3. The fraction of sp³-hybridized carbons (Fsp3) is 0.684. The second kappa shape index (κ2) is 6.83. The highest BCUT2D eigenvalue weighted by molar-refractivity contribution is 5.43. The first kappa shape index (κ1) is 14.9. The molecule has 0 heterocycles. The molecule has 0 amide bonds. The fourth-order valence-corrected chi connectivity index (χ4v) is 4.12. The minimum atomic E-state index is 0.435. The predicted molar refractivity (Wildman–Crippen MR) is 87.8 cm³/mol. The van der Waals surface area contributed by atoms with E-state index in [1.807, 2.05) is 0 Å². The lowest BCUT2D eigenvalue weighted by molar-refractivity contribution is 0.120. The Kier molecular flexibility index (Phi) is 4.84. The predicted octanol–water partition coefficient (Wildman–Crippen LogP) is 4.63. The maximum absolute atomic E-state index is 6.45. The van der Waals surface area contributed by atoms with Crippen LogP contribution >= 0.6 is 0 Å². The summed E-state index contributed by atoms with van der Waals surface area (Å²) in [6, 6.07) is 7.14. The van der Waals surface area contributed by atoms with E-state index in [2.05, 4.69) is 37.5 Å². The second-order valence-electron chi connectivity index (χ2n) is 6.74. The summed E-state index contributed by atoms with van der Waals surface area (Å²) in [5.74, 6) is 2.03. The number of hydrogen-bond acceptors (Lipinski definition) is 2. The van der Waals surface area contributed by atoms with E-state index in [1.54, 1.807) is 0 Å². The molecule has 3 atom stereocenters. The third-order valence-corrected chi connectivity index (χ3v) is 5.42. The molecule has 1 N–H and O–H groups in total. The number of hydrogen-bond donors (Lipinski definition) is 1. The van der Waals surface area contributed by atoms with Crippen molar-refractivity contribution in [3.05, 3.63) is 29.3 Å². The van der Waals surface area contributed by atoms with Crippen molar-refractivity contribution < 1.29 is 4.74 Å². The van der Waals surface area contributed by atoms with Crippen LogP contribution in [0.3, 0.4) is 0 Å². The summed E-state index contributed by atoms with van der Waals surface area (Å²) < 4.78 is 6.45. The zero-order chi connectivity index (χ0) is 14.7. The fourth-order valence-electron chi connectivity index (χ4n) is 4.12. The maximum Gasteiger partial charge on any atom is 0.123 e. The SMILES string of the molecule is CCC1CCCC(Oc2cccc3c2CCCC3NC)C1. The van der Waals surface area contributed by atoms with E-state index >= 15 is 0 Å². The molecule has 1 aromatic rings. The van der Waals surface area contributed by atoms with Gasteiger partial charge in [0.05, 0.1) is 6.10 Å². The summed E-state index contributed by atoms with van der Waals surface area (Å²) in [5, 5.41) is 3.45. The van der Waals surface area contributed by atoms with Gasteiger partial charge in [-0.15, -0.1) is 0 Å². The Morgan fingerprint density at radius 3 is 2.90 bits per heavy atom. The molecule has 116 valence electrons. The summed E-state index contributed by atoms with van der Waals surface area (Å²) in [6.45, 7) is 2.31. The summed E-state index contributed by atoms with van der Waals surface area (Å²) >= 11 is 0. The maximum atomic E-state index is 6.45. The number of rotatable bonds is 4. The zero-order valence-electron chi connectivity index (χ0n) is 13.5. The van der Waals surface area contributed by atoms with Gasteiger partial charge in [0.15, 0.2) is 0 Å². The number of fused-ring (bicyclic) bond motifs is 1. The van der Waals surface area contributed by atoms with Crippen LogP contribution in [0.15, 0.2) is 18.2 Å². The second-order valence-corrected chi connectivity index (χ2v) is 6.74. The zero-order valence-corrected chi connectivity index (χ0v) is 13.5. The highest BCUT2D eigenvalue weighted by Gasteiger charge is 2.25. The molecule has 2 heteroatoms. The number of nitrogens with one attached hydrogen (secondary N) is 1. The lowest BCUT2D eigenvalue weighted by Gasteiger charge is -2.32. The van der Waals surface area contributed by atoms with Gasteiger partial charge in [0.25, 0.3) is 0 Å². The van der Waals surface area contributed by atoms with Crippen LogP contribution in [0, 0.1) is 5.92 Å². The van der Waals surface area contributed by atoms with Crippen LogP contribution in [0.2, 0.25) is 0 Å². The lowest BCUT2D eigenvalue weighted by Crippen LogP contribution is -2.27. The van der Waals surface area contributed by atoms with E-state index in [-0.39, 0.29) is 0 Å². The summed E-state index contributed by atoms with van der Waals surface area (Å²) in [6.07, 6.45) is 10.6. The molecule has 21 heavy (non-hydrogen) atoms. The Hall–Kier alpha value is -1.02. The smallest absolute Gasteiger partial charge is 0.123 e. The monoisotopic (exact) mass is 287 g/mol. The summed E-state index contributed by atoms with van der Waals surface area (Å²) in [5.41, 5.74) is 2.92. The van der Waals surface area contributed by atoms with Gasteiger partial charge >= 0.3 is 0 Å². The lowest BCUT2D eigenvalue weighted by atomic mass is 9.85. The largest absolute Gasteiger partial charge is 0.490 e. The molecule has 0 saturated heterocycles. The molecule has 1 fully saturated rings. The Morgan fingerprint density at radius 2 is 2.10 bits per heavy atom. The Bertz CT molecular complexity index is 471. The van der Waals surface area contributed by atoms with Gasteiger partial charge in [-0.3, -0.25) is 0 Å². The van der Waals surface area contributed by atoms with E-state index in [4.69, 9.17) is 4.74 Å². The Labute approximate surface area is 129 Å². The van der Waals surface area contributed by atoms with Crippen LogP contribution in [-0.2, 0) is 6.42 Å². The highest BCUT2D eigenvalue weighted by Crippen LogP contribution is 2.37. The van der Waals surface area contributed by atoms with E-state index in [1.165, 1.54) is 62.5 Å². The van der Waals surface area contributed by atoms with Gasteiger partial charge in [-0.25, -0.2) is 0 Å². The van der Waals surface area contributed by atoms with Crippen molar-refractivity contribution in [1.29, 1.82) is 0 Å². The van der Waals surface area contributed by atoms with Crippen LogP contribution < -0.4 is 10.1 Å². The molecule has 3 unspecified atom stereocenters. The summed E-state index contributed by atoms with van der Waals surface area (Å²) in [4.78, 5) is 0. The molecule has 1 saturated carbocycles. The van der Waals surface area contributed by atoms with Crippen LogP contribution in [0.5, 0.6) is 5.75 Å². The highest BCUT2D eigenvalue weighted by atomic mass is 16.5. The Balaban J connectivity index is 1.77. The molecule has 3 rings (SSSR count). The molecule has 0 bridgehead atoms. The molecule has 2 aliphatic carbocycles. The van der Waals surface area contributed by atoms with Crippen molar-refractivity contribution in [1.82, 2.24) is 5.32 Å². The minimum Gasteiger partial charge on any atom is -0.490 e. The van der Waals surface area contributed by atoms with Crippen LogP contribution in [0.4, 0.5) is 0 Å². The molecule has 2 nitrogen and oxygen atoms in total. The van der Waals surface area contributed by atoms with Crippen LogP contribution in [0.1, 0.15) is 69.0 Å². The molecule has 1 aromatic carbocycles. The van der Waals surface area contributed by atoms with Gasteiger partial charge in [-0.2, -0.15) is 0 Å². The average Bonchev–Trinajstić information content (AvgIpc) is 2.55. The third kappa shape index (κ3) is 3.26. The van der Waals surface area contributed by atoms with Crippen molar-refractivity contribution in [2.75, 3.05) is 7.05 Å². The molecule has 0 spiro atoms. The van der Waals surface area contributed by atoms with E-state index in [0.29, 0.717) is 12.1 Å². The average molecular weight is 287 g/mol. The van der Waals surface area contributed by atoms with Crippen molar-refractivity contribution in [3.8, 4) is 5.75 Å². The molecular weight excluding hydrogens is 258 g/mol. The molecule has 0 aromatic heterocycles. The molecule has 0 radical (unpaired) electrons. The van der Waals surface area contributed by atoms with Gasteiger partial charge in [0, 0.05) is 6.04 Å². The number of benzene rings is 1. The Morgan fingerprint density at radius 1 is 1.19 bits per heavy atom. The molecular formula is C19H29NO. The van der Waals surface area contributed by atoms with Gasteiger partial charge in [0.1, 0.15) is 5.75 Å². The van der Waals surface area contributed by atoms with Crippen molar-refractivity contribution in [2.24, 2.45) is 5.92 Å². The topological polar surface area (TPSA) is 21.3 Å². The van der Waals surface area contributed by atoms with Gasteiger partial charge in [0.2, 0.25) is 0 Å². The van der Waals surface area contributed by atoms with E-state index < -0.39 is 0 Å². The van der Waals surface area contributed by atoms with Crippen molar-refractivity contribution in [2.45, 2.75) is 70.4 Å². The summed E-state index contributed by atoms with van der Waals surface area (Å²) in [7, 11) is 2.07. The quantitative estimate of drug-likeness (QED) is 0.871. The third-order valence-electron chi connectivity index (χ3n) is 5.42. The van der Waals surface area contributed by atoms with E-state index in [0.717, 1.165) is 11.7 Å². The molecule has 2 aliphatic rings.